The van der Waals surface area contributed by atoms with E-state index in [-0.39, 0.29) is 30.7 Å². The van der Waals surface area contributed by atoms with Gasteiger partial charge in [0.25, 0.3) is 0 Å². The number of benzene rings is 1. The fraction of sp³-hybridized carbons (Fsp3) is 0.368. The van der Waals surface area contributed by atoms with Gasteiger partial charge < -0.3 is 20.5 Å². The third-order valence-electron chi connectivity index (χ3n) is 3.59. The predicted molar refractivity (Wildman–Crippen MR) is 111 cm³/mol. The van der Waals surface area contributed by atoms with E-state index in [4.69, 9.17) is 15.2 Å². The van der Waals surface area contributed by atoms with Gasteiger partial charge in [0.2, 0.25) is 11.8 Å². The molecule has 0 aliphatic heterocycles. The Hall–Kier alpha value is -2.02. The smallest absolute Gasteiger partial charge is 0.237 e. The molecule has 6 nitrogen and oxygen atoms in total. The number of nitrogens with one attached hydrogen (secondary N) is 1. The first kappa shape index (κ1) is 25.0. The van der Waals surface area contributed by atoms with E-state index in [9.17, 15) is 4.79 Å². The minimum atomic E-state index is -0.483. The van der Waals surface area contributed by atoms with Crippen molar-refractivity contribution in [1.82, 2.24) is 10.3 Å². The molecule has 0 aliphatic carbocycles. The van der Waals surface area contributed by atoms with Gasteiger partial charge >= 0.3 is 0 Å². The van der Waals surface area contributed by atoms with Gasteiger partial charge in [-0.3, -0.25) is 4.79 Å². The summed E-state index contributed by atoms with van der Waals surface area (Å²) >= 11 is 0. The van der Waals surface area contributed by atoms with Gasteiger partial charge in [-0.2, -0.15) is 0 Å². The molecule has 0 bridgehead atoms. The molecular formula is C19H27Cl2N3O3. The van der Waals surface area contributed by atoms with Crippen LogP contribution in [0.2, 0.25) is 0 Å². The molecule has 0 saturated heterocycles. The molecule has 150 valence electrons. The molecule has 2 aromatic rings. The molecule has 8 heteroatoms. The van der Waals surface area contributed by atoms with Crippen molar-refractivity contribution >= 4 is 30.7 Å². The van der Waals surface area contributed by atoms with Crippen molar-refractivity contribution in [2.45, 2.75) is 32.9 Å². The van der Waals surface area contributed by atoms with Gasteiger partial charge in [-0.05, 0) is 30.0 Å². The molecule has 3 N–H and O–H groups in total. The second kappa shape index (κ2) is 12.4. The molecule has 0 fully saturated rings. The Morgan fingerprint density at radius 1 is 1.19 bits per heavy atom. The van der Waals surface area contributed by atoms with Gasteiger partial charge in [-0.1, -0.05) is 26.0 Å². The monoisotopic (exact) mass is 415 g/mol. The van der Waals surface area contributed by atoms with Gasteiger partial charge in [-0.15, -0.1) is 24.8 Å². The molecule has 0 aliphatic rings. The maximum absolute atomic E-state index is 11.9. The summed E-state index contributed by atoms with van der Waals surface area (Å²) in [5, 5.41) is 2.83. The normalized spacial score (nSPS) is 11.0. The zero-order valence-electron chi connectivity index (χ0n) is 15.7. The van der Waals surface area contributed by atoms with E-state index in [1.807, 2.05) is 38.1 Å². The summed E-state index contributed by atoms with van der Waals surface area (Å²) in [6, 6.07) is 10.4. The van der Waals surface area contributed by atoms with Gasteiger partial charge in [0.15, 0.2) is 0 Å². The molecule has 0 unspecified atom stereocenters. The Bertz CT molecular complexity index is 697. The number of hydrogen-bond acceptors (Lipinski definition) is 5. The molecule has 1 aromatic carbocycles. The molecule has 27 heavy (non-hydrogen) atoms. The maximum Gasteiger partial charge on any atom is 0.237 e. The number of nitrogens with zero attached hydrogens (tertiary/aromatic N) is 1. The van der Waals surface area contributed by atoms with Crippen molar-refractivity contribution in [2.24, 2.45) is 11.7 Å². The SMILES string of the molecule is COc1cccc(Oc2ccc(CNC(=O)[C@@H](N)CC(C)C)cn2)c1.Cl.Cl. The highest BCUT2D eigenvalue weighted by Gasteiger charge is 2.14. The van der Waals surface area contributed by atoms with Crippen LogP contribution in [-0.4, -0.2) is 24.0 Å². The number of carbonyl (C=O) groups excluding carboxylic acids is 1. The second-order valence-corrected chi connectivity index (χ2v) is 6.24. The van der Waals surface area contributed by atoms with E-state index in [0.29, 0.717) is 30.5 Å². The van der Waals surface area contributed by atoms with Crippen LogP contribution in [0.15, 0.2) is 42.6 Å². The molecule has 1 aromatic heterocycles. The van der Waals surface area contributed by atoms with E-state index in [1.54, 1.807) is 25.4 Å². The number of hydrogen-bond donors (Lipinski definition) is 2. The van der Waals surface area contributed by atoms with E-state index >= 15 is 0 Å². The summed E-state index contributed by atoms with van der Waals surface area (Å²) < 4.78 is 10.8. The Balaban J connectivity index is 0.00000338. The van der Waals surface area contributed by atoms with Crippen LogP contribution in [0.4, 0.5) is 0 Å². The lowest BCUT2D eigenvalue weighted by molar-refractivity contribution is -0.122. The predicted octanol–water partition coefficient (Wildman–Crippen LogP) is 3.72. The molecule has 1 heterocycles. The van der Waals surface area contributed by atoms with E-state index in [1.165, 1.54) is 0 Å². The quantitative estimate of drug-likeness (QED) is 0.685. The van der Waals surface area contributed by atoms with E-state index in [0.717, 1.165) is 11.3 Å². The number of rotatable bonds is 8. The first-order valence-electron chi connectivity index (χ1n) is 8.28. The Morgan fingerprint density at radius 3 is 2.48 bits per heavy atom. The highest BCUT2D eigenvalue weighted by Crippen LogP contribution is 2.23. The highest BCUT2D eigenvalue weighted by atomic mass is 35.5. The fourth-order valence-corrected chi connectivity index (χ4v) is 2.30. The third-order valence-corrected chi connectivity index (χ3v) is 3.59. The van der Waals surface area contributed by atoms with Gasteiger partial charge in [0.05, 0.1) is 13.2 Å². The molecule has 1 amide bonds. The van der Waals surface area contributed by atoms with Crippen molar-refractivity contribution in [3.63, 3.8) is 0 Å². The van der Waals surface area contributed by atoms with Crippen LogP contribution in [0.3, 0.4) is 0 Å². The molecule has 0 spiro atoms. The van der Waals surface area contributed by atoms with Crippen molar-refractivity contribution in [3.8, 4) is 17.4 Å². The number of methoxy groups -OCH3 is 1. The van der Waals surface area contributed by atoms with Gasteiger partial charge in [0.1, 0.15) is 11.5 Å². The Labute approximate surface area is 172 Å². The fourth-order valence-electron chi connectivity index (χ4n) is 2.30. The highest BCUT2D eigenvalue weighted by molar-refractivity contribution is 5.85. The van der Waals surface area contributed by atoms with Crippen molar-refractivity contribution in [3.05, 3.63) is 48.2 Å². The lowest BCUT2D eigenvalue weighted by Crippen LogP contribution is -2.41. The maximum atomic E-state index is 11.9. The number of pyridine rings is 1. The third kappa shape index (κ3) is 8.47. The van der Waals surface area contributed by atoms with E-state index < -0.39 is 6.04 Å². The molecular weight excluding hydrogens is 389 g/mol. The lowest BCUT2D eigenvalue weighted by Gasteiger charge is -2.14. The molecule has 0 saturated carbocycles. The van der Waals surface area contributed by atoms with Crippen LogP contribution in [-0.2, 0) is 11.3 Å². The number of halogens is 2. The number of aromatic nitrogens is 1. The van der Waals surface area contributed by atoms with Crippen LogP contribution in [0.5, 0.6) is 17.4 Å². The topological polar surface area (TPSA) is 86.5 Å². The minimum absolute atomic E-state index is 0. The summed E-state index contributed by atoms with van der Waals surface area (Å²) in [5.74, 6) is 2.07. The van der Waals surface area contributed by atoms with Crippen molar-refractivity contribution in [1.29, 1.82) is 0 Å². The molecule has 0 radical (unpaired) electrons. The van der Waals surface area contributed by atoms with Crippen molar-refractivity contribution < 1.29 is 14.3 Å². The summed E-state index contributed by atoms with van der Waals surface area (Å²) in [4.78, 5) is 16.2. The summed E-state index contributed by atoms with van der Waals surface area (Å²) in [5.41, 5.74) is 6.74. The summed E-state index contributed by atoms with van der Waals surface area (Å²) in [7, 11) is 1.60. The van der Waals surface area contributed by atoms with Crippen LogP contribution in [0, 0.1) is 5.92 Å². The standard InChI is InChI=1S/C19H25N3O3.2ClH/c1-13(2)9-17(20)19(23)22-12-14-7-8-18(21-11-14)25-16-6-4-5-15(10-16)24-3;;/h4-8,10-11,13,17H,9,12,20H2,1-3H3,(H,22,23);2*1H/t17-;;/m0../s1. The Kier molecular flexibility index (Phi) is 11.5. The Morgan fingerprint density at radius 2 is 1.89 bits per heavy atom. The van der Waals surface area contributed by atoms with Crippen LogP contribution >= 0.6 is 24.8 Å². The number of nitrogens with two attached hydrogens (primary N) is 1. The molecule has 1 atom stereocenters. The average Bonchev–Trinajstić information content (AvgIpc) is 2.60. The number of amides is 1. The minimum Gasteiger partial charge on any atom is -0.497 e. The van der Waals surface area contributed by atoms with Crippen LogP contribution in [0.25, 0.3) is 0 Å². The second-order valence-electron chi connectivity index (χ2n) is 6.24. The number of ether oxygens (including phenoxy) is 2. The summed E-state index contributed by atoms with van der Waals surface area (Å²) in [6.45, 7) is 4.47. The van der Waals surface area contributed by atoms with Gasteiger partial charge in [0, 0.05) is 24.9 Å². The first-order valence-corrected chi connectivity index (χ1v) is 8.28. The first-order chi connectivity index (χ1) is 12.0. The van der Waals surface area contributed by atoms with Gasteiger partial charge in [-0.25, -0.2) is 4.98 Å². The lowest BCUT2D eigenvalue weighted by atomic mass is 10.0. The van der Waals surface area contributed by atoms with Crippen LogP contribution in [0.1, 0.15) is 25.8 Å². The molecule has 2 rings (SSSR count). The summed E-state index contributed by atoms with van der Waals surface area (Å²) in [6.07, 6.45) is 2.33. The zero-order chi connectivity index (χ0) is 18.2. The largest absolute Gasteiger partial charge is 0.497 e. The van der Waals surface area contributed by atoms with Crippen LogP contribution < -0.4 is 20.5 Å². The van der Waals surface area contributed by atoms with E-state index in [2.05, 4.69) is 10.3 Å². The number of carbonyl (C=O) groups is 1. The van der Waals surface area contributed by atoms with Crippen molar-refractivity contribution in [2.75, 3.05) is 7.11 Å². The average molecular weight is 416 g/mol. The zero-order valence-corrected chi connectivity index (χ0v) is 17.3.